The first-order chi connectivity index (χ1) is 29.5. The molecule has 1 aliphatic heterocycles. The number of hydrogen-bond donors (Lipinski definition) is 0. The maximum Gasteiger partial charge on any atom is 0.0754 e. The van der Waals surface area contributed by atoms with Crippen LogP contribution in [0.2, 0.25) is 0 Å². The molecule has 0 saturated carbocycles. The number of hydrogen-bond acceptors (Lipinski definition) is 2. The summed E-state index contributed by atoms with van der Waals surface area (Å²) in [4.78, 5) is 4.81. The van der Waals surface area contributed by atoms with Gasteiger partial charge in [-0.05, 0) is 140 Å². The van der Waals surface area contributed by atoms with E-state index in [9.17, 15) is 0 Å². The highest BCUT2D eigenvalue weighted by molar-refractivity contribution is 5.97. The molecule has 0 unspecified atom stereocenters. The first-order valence-electron chi connectivity index (χ1n) is 21.0. The van der Waals surface area contributed by atoms with Gasteiger partial charge < -0.3 is 9.80 Å². The summed E-state index contributed by atoms with van der Waals surface area (Å²) < 4.78 is 0. The van der Waals surface area contributed by atoms with Crippen LogP contribution in [0.3, 0.4) is 0 Å². The number of anilines is 6. The van der Waals surface area contributed by atoms with Gasteiger partial charge in [0.2, 0.25) is 0 Å². The van der Waals surface area contributed by atoms with E-state index in [2.05, 4.69) is 242 Å². The number of rotatable bonds is 5. The van der Waals surface area contributed by atoms with Gasteiger partial charge in [-0.1, -0.05) is 159 Å². The van der Waals surface area contributed by atoms with Crippen LogP contribution in [0.5, 0.6) is 0 Å². The summed E-state index contributed by atoms with van der Waals surface area (Å²) in [6.07, 6.45) is 0. The van der Waals surface area contributed by atoms with Gasteiger partial charge in [-0.2, -0.15) is 0 Å². The van der Waals surface area contributed by atoms with Gasteiger partial charge in [0.1, 0.15) is 0 Å². The van der Waals surface area contributed by atoms with Crippen molar-refractivity contribution in [3.05, 3.63) is 252 Å². The normalized spacial score (nSPS) is 14.4. The van der Waals surface area contributed by atoms with Gasteiger partial charge in [0.05, 0.1) is 16.8 Å². The van der Waals surface area contributed by atoms with Gasteiger partial charge in [-0.25, -0.2) is 0 Å². The predicted molar refractivity (Wildman–Crippen MR) is 250 cm³/mol. The molecule has 1 heterocycles. The third-order valence-electron chi connectivity index (χ3n) is 13.4. The van der Waals surface area contributed by atoms with Crippen molar-refractivity contribution >= 4 is 34.1 Å². The molecule has 2 aliphatic carbocycles. The lowest BCUT2D eigenvalue weighted by molar-refractivity contribution is 0.660. The summed E-state index contributed by atoms with van der Waals surface area (Å²) in [5.41, 5.74) is 22.0. The van der Waals surface area contributed by atoms with E-state index in [0.717, 1.165) is 22.7 Å². The molecule has 2 nitrogen and oxygen atoms in total. The lowest BCUT2D eigenvalue weighted by Crippen LogP contribution is -2.36. The molecule has 0 fully saturated rings. The quantitative estimate of drug-likeness (QED) is 0.172. The Morgan fingerprint density at radius 2 is 0.767 bits per heavy atom. The molecule has 0 bridgehead atoms. The fraction of sp³-hybridized carbons (Fsp3) is 0.0690. The fourth-order valence-corrected chi connectivity index (χ4v) is 10.8. The smallest absolute Gasteiger partial charge is 0.0754 e. The van der Waals surface area contributed by atoms with E-state index in [4.69, 9.17) is 0 Å². The molecule has 12 rings (SSSR count). The molecule has 9 aromatic carbocycles. The van der Waals surface area contributed by atoms with Crippen molar-refractivity contribution < 1.29 is 0 Å². The van der Waals surface area contributed by atoms with E-state index in [-0.39, 0.29) is 5.41 Å². The summed E-state index contributed by atoms with van der Waals surface area (Å²) in [6, 6.07) is 80.9. The Hall–Kier alpha value is -7.42. The van der Waals surface area contributed by atoms with E-state index in [1.165, 1.54) is 78.1 Å². The van der Waals surface area contributed by atoms with E-state index < -0.39 is 5.41 Å². The summed E-state index contributed by atoms with van der Waals surface area (Å²) in [7, 11) is 0. The van der Waals surface area contributed by atoms with Crippen LogP contribution in [-0.4, -0.2) is 0 Å². The largest absolute Gasteiger partial charge is 0.310 e. The molecule has 284 valence electrons. The Morgan fingerprint density at radius 3 is 1.37 bits per heavy atom. The lowest BCUT2D eigenvalue weighted by atomic mass is 9.64. The topological polar surface area (TPSA) is 6.48 Å². The van der Waals surface area contributed by atoms with E-state index in [1.54, 1.807) is 0 Å². The fourth-order valence-electron chi connectivity index (χ4n) is 10.8. The molecule has 9 aromatic rings. The molecule has 0 radical (unpaired) electrons. The second kappa shape index (κ2) is 13.0. The van der Waals surface area contributed by atoms with Crippen molar-refractivity contribution in [2.24, 2.45) is 0 Å². The van der Waals surface area contributed by atoms with Crippen LogP contribution in [0.4, 0.5) is 34.1 Å². The molecule has 0 aromatic heterocycles. The van der Waals surface area contributed by atoms with Crippen molar-refractivity contribution in [2.75, 3.05) is 9.80 Å². The second-order valence-electron chi connectivity index (χ2n) is 16.9. The van der Waals surface area contributed by atoms with Crippen LogP contribution in [0, 0.1) is 0 Å². The average Bonchev–Trinajstić information content (AvgIpc) is 3.72. The molecule has 60 heavy (non-hydrogen) atoms. The van der Waals surface area contributed by atoms with Gasteiger partial charge in [-0.3, -0.25) is 0 Å². The molecular weight excluding hydrogens is 725 g/mol. The Labute approximate surface area is 352 Å². The zero-order chi connectivity index (χ0) is 40.0. The summed E-state index contributed by atoms with van der Waals surface area (Å²) in [5, 5.41) is 0. The Bertz CT molecular complexity index is 3040. The number of para-hydroxylation sites is 5. The van der Waals surface area contributed by atoms with Gasteiger partial charge in [0, 0.05) is 28.2 Å². The SMILES string of the molecule is CC1(C)c2cc(-c3ccc4c(c3)C3(c5ccccc5-4)c4ccccc4N(c4ccccc4)c4ccccc43)ccc2-c2ccc(N(c3ccccc3)c3ccccc3)cc21. The Morgan fingerprint density at radius 1 is 0.333 bits per heavy atom. The highest BCUT2D eigenvalue weighted by Crippen LogP contribution is 2.64. The molecule has 0 saturated heterocycles. The van der Waals surface area contributed by atoms with Crippen molar-refractivity contribution in [2.45, 2.75) is 24.7 Å². The third kappa shape index (κ3) is 4.82. The van der Waals surface area contributed by atoms with Crippen molar-refractivity contribution in [1.82, 2.24) is 0 Å². The third-order valence-corrected chi connectivity index (χ3v) is 13.4. The Kier molecular flexibility index (Phi) is 7.52. The number of fused-ring (bicyclic) bond motifs is 12. The summed E-state index contributed by atoms with van der Waals surface area (Å²) >= 11 is 0. The second-order valence-corrected chi connectivity index (χ2v) is 16.9. The van der Waals surface area contributed by atoms with E-state index >= 15 is 0 Å². The van der Waals surface area contributed by atoms with Gasteiger partial charge in [0.25, 0.3) is 0 Å². The molecule has 0 amide bonds. The standard InChI is InChI=1S/C58H42N2/c1-57(2)52-36-39(30-33-46(52)47-35-32-44(38-53(47)57)59(41-18-6-3-7-19-41)42-20-8-4-9-21-42)40-31-34-48-45-24-12-13-25-49(45)58(54(48)37-40)50-26-14-16-28-55(50)60(43-22-10-5-11-23-43)56-29-17-15-27-51(56)58/h3-38H,1-2H3. The van der Waals surface area contributed by atoms with Crippen LogP contribution in [0.1, 0.15) is 47.2 Å². The molecule has 3 aliphatic rings. The first-order valence-corrected chi connectivity index (χ1v) is 21.0. The highest BCUT2D eigenvalue weighted by atomic mass is 15.2. The van der Waals surface area contributed by atoms with Crippen molar-refractivity contribution in [3.8, 4) is 33.4 Å². The van der Waals surface area contributed by atoms with Gasteiger partial charge in [-0.15, -0.1) is 0 Å². The zero-order valence-electron chi connectivity index (χ0n) is 33.7. The van der Waals surface area contributed by atoms with Gasteiger partial charge >= 0.3 is 0 Å². The van der Waals surface area contributed by atoms with E-state index in [1.807, 2.05) is 0 Å². The van der Waals surface area contributed by atoms with Crippen LogP contribution in [0.25, 0.3) is 33.4 Å². The van der Waals surface area contributed by atoms with Crippen molar-refractivity contribution in [3.63, 3.8) is 0 Å². The maximum absolute atomic E-state index is 2.51. The maximum atomic E-state index is 2.51. The van der Waals surface area contributed by atoms with Crippen LogP contribution in [0.15, 0.2) is 218 Å². The van der Waals surface area contributed by atoms with E-state index in [0.29, 0.717) is 0 Å². The number of nitrogens with zero attached hydrogens (tertiary/aromatic N) is 2. The monoisotopic (exact) mass is 766 g/mol. The molecule has 2 heteroatoms. The van der Waals surface area contributed by atoms with Crippen LogP contribution in [-0.2, 0) is 10.8 Å². The summed E-state index contributed by atoms with van der Waals surface area (Å²) in [6.45, 7) is 4.78. The first kappa shape index (κ1) is 34.6. The van der Waals surface area contributed by atoms with Crippen molar-refractivity contribution in [1.29, 1.82) is 0 Å². The average molecular weight is 767 g/mol. The molecule has 0 atom stereocenters. The number of benzene rings is 9. The Balaban J connectivity index is 1.01. The lowest BCUT2D eigenvalue weighted by Gasteiger charge is -2.45. The molecule has 1 spiro atoms. The van der Waals surface area contributed by atoms with Gasteiger partial charge in [0.15, 0.2) is 0 Å². The van der Waals surface area contributed by atoms with Crippen LogP contribution < -0.4 is 9.80 Å². The van der Waals surface area contributed by atoms with Crippen LogP contribution >= 0.6 is 0 Å². The highest BCUT2D eigenvalue weighted by Gasteiger charge is 2.51. The molecule has 0 N–H and O–H groups in total. The minimum Gasteiger partial charge on any atom is -0.310 e. The minimum absolute atomic E-state index is 0.202. The summed E-state index contributed by atoms with van der Waals surface area (Å²) in [5.74, 6) is 0. The minimum atomic E-state index is -0.494. The zero-order valence-corrected chi connectivity index (χ0v) is 33.7. The predicted octanol–water partition coefficient (Wildman–Crippen LogP) is 15.3. The molecular formula is C58H42N2.